The lowest BCUT2D eigenvalue weighted by atomic mass is 10.0. The van der Waals surface area contributed by atoms with Gasteiger partial charge in [-0.3, -0.25) is 4.79 Å². The van der Waals surface area contributed by atoms with E-state index in [0.717, 1.165) is 34.1 Å². The number of aldehydes is 1. The molecular formula is C16H11NO3. The standard InChI is InChI=1S/C16H11NO3/c18-8-13-16(11-3-1-2-4-12(11)17-13)10-5-6-14-15(7-10)20-9-19-14/h1-8,17H,9H2. The van der Waals surface area contributed by atoms with Gasteiger partial charge < -0.3 is 14.5 Å². The summed E-state index contributed by atoms with van der Waals surface area (Å²) in [5, 5.41) is 1.02. The molecular weight excluding hydrogens is 254 g/mol. The maximum absolute atomic E-state index is 11.3. The Morgan fingerprint density at radius 3 is 2.80 bits per heavy atom. The molecule has 0 unspecified atom stereocenters. The van der Waals surface area contributed by atoms with Crippen LogP contribution in [0.4, 0.5) is 0 Å². The van der Waals surface area contributed by atoms with Gasteiger partial charge in [0.15, 0.2) is 17.8 Å². The Bertz CT molecular complexity index is 820. The lowest BCUT2D eigenvalue weighted by Crippen LogP contribution is -1.92. The summed E-state index contributed by atoms with van der Waals surface area (Å²) in [5.41, 5.74) is 3.36. The second kappa shape index (κ2) is 4.13. The Hall–Kier alpha value is -2.75. The quantitative estimate of drug-likeness (QED) is 0.723. The van der Waals surface area contributed by atoms with Gasteiger partial charge in [-0.1, -0.05) is 24.3 Å². The third-order valence-electron chi connectivity index (χ3n) is 3.51. The summed E-state index contributed by atoms with van der Waals surface area (Å²) >= 11 is 0. The highest BCUT2D eigenvalue weighted by molar-refractivity contribution is 6.04. The molecule has 4 nitrogen and oxygen atoms in total. The van der Waals surface area contributed by atoms with Gasteiger partial charge in [-0.05, 0) is 23.8 Å². The van der Waals surface area contributed by atoms with Crippen LogP contribution in [0.3, 0.4) is 0 Å². The third kappa shape index (κ3) is 1.51. The Morgan fingerprint density at radius 2 is 1.90 bits per heavy atom. The van der Waals surface area contributed by atoms with Crippen molar-refractivity contribution in [2.75, 3.05) is 6.79 Å². The summed E-state index contributed by atoms with van der Waals surface area (Å²) in [6.07, 6.45) is 0.847. The lowest BCUT2D eigenvalue weighted by molar-refractivity contribution is 0.112. The van der Waals surface area contributed by atoms with Gasteiger partial charge in [0.25, 0.3) is 0 Å². The number of rotatable bonds is 2. The van der Waals surface area contributed by atoms with Crippen molar-refractivity contribution in [3.63, 3.8) is 0 Å². The number of benzene rings is 2. The first-order chi connectivity index (χ1) is 9.86. The molecule has 0 spiro atoms. The van der Waals surface area contributed by atoms with E-state index in [0.29, 0.717) is 11.4 Å². The molecule has 1 aliphatic rings. The van der Waals surface area contributed by atoms with E-state index in [9.17, 15) is 4.79 Å². The highest BCUT2D eigenvalue weighted by atomic mass is 16.7. The number of hydrogen-bond acceptors (Lipinski definition) is 3. The van der Waals surface area contributed by atoms with Gasteiger partial charge in [-0.2, -0.15) is 0 Å². The fraction of sp³-hybridized carbons (Fsp3) is 0.0625. The summed E-state index contributed by atoms with van der Waals surface area (Å²) in [4.78, 5) is 14.5. The summed E-state index contributed by atoms with van der Waals surface area (Å²) in [6.45, 7) is 0.243. The molecule has 3 aromatic rings. The average molecular weight is 265 g/mol. The molecule has 4 heteroatoms. The van der Waals surface area contributed by atoms with Crippen LogP contribution in [0.5, 0.6) is 11.5 Å². The fourth-order valence-corrected chi connectivity index (χ4v) is 2.61. The molecule has 0 saturated carbocycles. The van der Waals surface area contributed by atoms with Crippen LogP contribution < -0.4 is 9.47 Å². The number of fused-ring (bicyclic) bond motifs is 2. The molecule has 1 aliphatic heterocycles. The lowest BCUT2D eigenvalue weighted by Gasteiger charge is -2.03. The zero-order valence-electron chi connectivity index (χ0n) is 10.6. The Morgan fingerprint density at radius 1 is 1.05 bits per heavy atom. The number of nitrogens with one attached hydrogen (secondary N) is 1. The molecule has 2 aromatic carbocycles. The Balaban J connectivity index is 1.99. The summed E-state index contributed by atoms with van der Waals surface area (Å²) in [5.74, 6) is 1.45. The number of ether oxygens (including phenoxy) is 2. The van der Waals surface area contributed by atoms with Gasteiger partial charge in [0, 0.05) is 16.5 Å². The highest BCUT2D eigenvalue weighted by Gasteiger charge is 2.17. The molecule has 98 valence electrons. The van der Waals surface area contributed by atoms with Crippen LogP contribution in [0.15, 0.2) is 42.5 Å². The third-order valence-corrected chi connectivity index (χ3v) is 3.51. The van der Waals surface area contributed by atoms with Crippen molar-refractivity contribution in [2.24, 2.45) is 0 Å². The number of carbonyl (C=O) groups is 1. The topological polar surface area (TPSA) is 51.3 Å². The molecule has 1 aromatic heterocycles. The number of hydrogen-bond donors (Lipinski definition) is 1. The van der Waals surface area contributed by atoms with Crippen LogP contribution in [-0.4, -0.2) is 18.1 Å². The number of H-pyrrole nitrogens is 1. The van der Waals surface area contributed by atoms with Crippen LogP contribution in [-0.2, 0) is 0 Å². The van der Waals surface area contributed by atoms with Crippen molar-refractivity contribution in [2.45, 2.75) is 0 Å². The SMILES string of the molecule is O=Cc1[nH]c2ccccc2c1-c1ccc2c(c1)OCO2. The average Bonchev–Trinajstić information content (AvgIpc) is 3.09. The van der Waals surface area contributed by atoms with Crippen LogP contribution >= 0.6 is 0 Å². The summed E-state index contributed by atoms with van der Waals surface area (Å²) in [7, 11) is 0. The molecule has 0 radical (unpaired) electrons. The monoisotopic (exact) mass is 265 g/mol. The molecule has 0 amide bonds. The first kappa shape index (κ1) is 11.1. The highest BCUT2D eigenvalue weighted by Crippen LogP contribution is 2.39. The van der Waals surface area contributed by atoms with Crippen molar-refractivity contribution < 1.29 is 14.3 Å². The largest absolute Gasteiger partial charge is 0.454 e. The molecule has 2 heterocycles. The van der Waals surface area contributed by atoms with Crippen LogP contribution in [0.1, 0.15) is 10.5 Å². The van der Waals surface area contributed by atoms with Crippen molar-refractivity contribution in [3.05, 3.63) is 48.2 Å². The van der Waals surface area contributed by atoms with Gasteiger partial charge in [-0.25, -0.2) is 0 Å². The van der Waals surface area contributed by atoms with Crippen molar-refractivity contribution >= 4 is 17.2 Å². The molecule has 0 aliphatic carbocycles. The normalized spacial score (nSPS) is 12.8. The minimum atomic E-state index is 0.243. The second-order valence-corrected chi connectivity index (χ2v) is 4.65. The minimum Gasteiger partial charge on any atom is -0.454 e. The summed E-state index contributed by atoms with van der Waals surface area (Å²) in [6, 6.07) is 13.6. The van der Waals surface area contributed by atoms with E-state index >= 15 is 0 Å². The summed E-state index contributed by atoms with van der Waals surface area (Å²) < 4.78 is 10.7. The van der Waals surface area contributed by atoms with E-state index in [2.05, 4.69) is 4.98 Å². The first-order valence-electron chi connectivity index (χ1n) is 6.33. The van der Waals surface area contributed by atoms with E-state index in [1.54, 1.807) is 0 Å². The molecule has 0 saturated heterocycles. The zero-order valence-corrected chi connectivity index (χ0v) is 10.6. The van der Waals surface area contributed by atoms with Gasteiger partial charge in [0.05, 0.1) is 5.69 Å². The zero-order chi connectivity index (χ0) is 13.5. The maximum atomic E-state index is 11.3. The van der Waals surface area contributed by atoms with Gasteiger partial charge in [0.1, 0.15) is 0 Å². The number of carbonyl (C=O) groups excluding carboxylic acids is 1. The van der Waals surface area contributed by atoms with Gasteiger partial charge >= 0.3 is 0 Å². The van der Waals surface area contributed by atoms with Gasteiger partial charge in [-0.15, -0.1) is 0 Å². The van der Waals surface area contributed by atoms with E-state index in [1.165, 1.54) is 0 Å². The van der Waals surface area contributed by atoms with Crippen molar-refractivity contribution in [3.8, 4) is 22.6 Å². The van der Waals surface area contributed by atoms with Crippen LogP contribution in [0, 0.1) is 0 Å². The predicted octanol–water partition coefficient (Wildman–Crippen LogP) is 3.38. The van der Waals surface area contributed by atoms with E-state index in [1.807, 2.05) is 42.5 Å². The van der Waals surface area contributed by atoms with Crippen molar-refractivity contribution in [1.82, 2.24) is 4.98 Å². The minimum absolute atomic E-state index is 0.243. The second-order valence-electron chi connectivity index (χ2n) is 4.65. The molecule has 0 atom stereocenters. The number of para-hydroxylation sites is 1. The van der Waals surface area contributed by atoms with Gasteiger partial charge in [0.2, 0.25) is 6.79 Å². The number of aromatic nitrogens is 1. The molecule has 0 bridgehead atoms. The van der Waals surface area contributed by atoms with E-state index < -0.39 is 0 Å². The predicted molar refractivity (Wildman–Crippen MR) is 75.2 cm³/mol. The maximum Gasteiger partial charge on any atom is 0.231 e. The fourth-order valence-electron chi connectivity index (χ4n) is 2.61. The Labute approximate surface area is 114 Å². The molecule has 4 rings (SSSR count). The smallest absolute Gasteiger partial charge is 0.231 e. The Kier molecular flexibility index (Phi) is 2.29. The molecule has 1 N–H and O–H groups in total. The van der Waals surface area contributed by atoms with Crippen molar-refractivity contribution in [1.29, 1.82) is 0 Å². The molecule has 0 fully saturated rings. The number of aromatic amines is 1. The van der Waals surface area contributed by atoms with E-state index in [4.69, 9.17) is 9.47 Å². The first-order valence-corrected chi connectivity index (χ1v) is 6.33. The van der Waals surface area contributed by atoms with E-state index in [-0.39, 0.29) is 6.79 Å². The van der Waals surface area contributed by atoms with Crippen LogP contribution in [0.2, 0.25) is 0 Å². The van der Waals surface area contributed by atoms with Crippen LogP contribution in [0.25, 0.3) is 22.0 Å². The molecule has 20 heavy (non-hydrogen) atoms.